The highest BCUT2D eigenvalue weighted by Gasteiger charge is 2.11. The second kappa shape index (κ2) is 5.48. The van der Waals surface area contributed by atoms with Crippen LogP contribution in [-0.2, 0) is 0 Å². The second-order valence-electron chi connectivity index (χ2n) is 4.94. The maximum Gasteiger partial charge on any atom is 0.131 e. The minimum Gasteiger partial charge on any atom is -0.378 e. The summed E-state index contributed by atoms with van der Waals surface area (Å²) < 4.78 is 26.7. The molecule has 1 atom stereocenters. The Kier molecular flexibility index (Phi) is 3.52. The van der Waals surface area contributed by atoms with E-state index in [4.69, 9.17) is 0 Å². The van der Waals surface area contributed by atoms with Crippen molar-refractivity contribution < 1.29 is 8.78 Å². The van der Waals surface area contributed by atoms with Gasteiger partial charge in [0.1, 0.15) is 11.6 Å². The van der Waals surface area contributed by atoms with Gasteiger partial charge in [0.2, 0.25) is 0 Å². The fourth-order valence-electron chi connectivity index (χ4n) is 2.35. The normalized spacial score (nSPS) is 12.3. The number of nitrogens with one attached hydrogen (secondary N) is 1. The Hall–Kier alpha value is -2.49. The van der Waals surface area contributed by atoms with Gasteiger partial charge < -0.3 is 5.32 Å². The largest absolute Gasteiger partial charge is 0.378 e. The Labute approximate surface area is 121 Å². The van der Waals surface area contributed by atoms with Crippen molar-refractivity contribution in [2.45, 2.75) is 13.0 Å². The molecule has 0 saturated heterocycles. The van der Waals surface area contributed by atoms with E-state index in [-0.39, 0.29) is 6.04 Å². The Morgan fingerprint density at radius 2 is 1.90 bits per heavy atom. The van der Waals surface area contributed by atoms with Gasteiger partial charge in [-0.1, -0.05) is 12.1 Å². The van der Waals surface area contributed by atoms with Crippen molar-refractivity contribution in [3.8, 4) is 0 Å². The van der Waals surface area contributed by atoms with Crippen LogP contribution in [0.5, 0.6) is 0 Å². The number of hydrogen-bond acceptors (Lipinski definition) is 2. The van der Waals surface area contributed by atoms with E-state index in [1.807, 2.05) is 37.3 Å². The van der Waals surface area contributed by atoms with E-state index in [9.17, 15) is 8.78 Å². The molecule has 4 heteroatoms. The summed E-state index contributed by atoms with van der Waals surface area (Å²) in [6, 6.07) is 13.0. The minimum absolute atomic E-state index is 0.264. The summed E-state index contributed by atoms with van der Waals surface area (Å²) in [5, 5.41) is 4.23. The summed E-state index contributed by atoms with van der Waals surface area (Å²) in [4.78, 5) is 4.25. The van der Waals surface area contributed by atoms with Crippen molar-refractivity contribution >= 4 is 16.6 Å². The van der Waals surface area contributed by atoms with Crippen molar-refractivity contribution in [3.05, 3.63) is 71.9 Å². The molecule has 0 aliphatic rings. The lowest BCUT2D eigenvalue weighted by Gasteiger charge is -2.16. The summed E-state index contributed by atoms with van der Waals surface area (Å²) >= 11 is 0. The van der Waals surface area contributed by atoms with Crippen LogP contribution < -0.4 is 5.32 Å². The van der Waals surface area contributed by atoms with E-state index >= 15 is 0 Å². The molecule has 0 radical (unpaired) electrons. The predicted molar refractivity (Wildman–Crippen MR) is 80.1 cm³/mol. The number of hydrogen-bond donors (Lipinski definition) is 1. The van der Waals surface area contributed by atoms with Gasteiger partial charge in [0, 0.05) is 28.9 Å². The van der Waals surface area contributed by atoms with Crippen LogP contribution in [-0.4, -0.2) is 4.98 Å². The molecule has 0 bridgehead atoms. The number of rotatable bonds is 3. The molecule has 2 nitrogen and oxygen atoms in total. The van der Waals surface area contributed by atoms with Crippen LogP contribution in [0, 0.1) is 11.6 Å². The molecule has 106 valence electrons. The fourth-order valence-corrected chi connectivity index (χ4v) is 2.35. The zero-order chi connectivity index (χ0) is 14.8. The number of anilines is 1. The van der Waals surface area contributed by atoms with Crippen LogP contribution in [0.25, 0.3) is 10.9 Å². The van der Waals surface area contributed by atoms with Crippen LogP contribution in [0.4, 0.5) is 14.5 Å². The number of fused-ring (bicyclic) bond motifs is 1. The molecule has 0 aliphatic carbocycles. The molecule has 1 unspecified atom stereocenters. The summed E-state index contributed by atoms with van der Waals surface area (Å²) in [5.74, 6) is -1.11. The van der Waals surface area contributed by atoms with E-state index in [1.165, 1.54) is 12.1 Å². The van der Waals surface area contributed by atoms with Gasteiger partial charge in [-0.2, -0.15) is 0 Å². The second-order valence-corrected chi connectivity index (χ2v) is 4.94. The number of aromatic nitrogens is 1. The van der Waals surface area contributed by atoms with Gasteiger partial charge in [-0.15, -0.1) is 0 Å². The maximum atomic E-state index is 13.8. The smallest absolute Gasteiger partial charge is 0.131 e. The van der Waals surface area contributed by atoms with Crippen LogP contribution >= 0.6 is 0 Å². The molecule has 1 N–H and O–H groups in total. The lowest BCUT2D eigenvalue weighted by atomic mass is 10.1. The quantitative estimate of drug-likeness (QED) is 0.755. The minimum atomic E-state index is -0.569. The predicted octanol–water partition coefficient (Wildman–Crippen LogP) is 4.69. The van der Waals surface area contributed by atoms with Crippen molar-refractivity contribution in [1.29, 1.82) is 0 Å². The van der Waals surface area contributed by atoms with Gasteiger partial charge in [0.15, 0.2) is 0 Å². The Morgan fingerprint density at radius 3 is 2.71 bits per heavy atom. The monoisotopic (exact) mass is 284 g/mol. The zero-order valence-electron chi connectivity index (χ0n) is 11.5. The zero-order valence-corrected chi connectivity index (χ0v) is 11.5. The molecule has 1 aromatic heterocycles. The molecule has 0 aliphatic heterocycles. The summed E-state index contributed by atoms with van der Waals surface area (Å²) in [6.07, 6.45) is 1.74. The van der Waals surface area contributed by atoms with Crippen LogP contribution in [0.2, 0.25) is 0 Å². The molecule has 0 spiro atoms. The van der Waals surface area contributed by atoms with E-state index in [1.54, 1.807) is 6.20 Å². The molecular weight excluding hydrogens is 270 g/mol. The third kappa shape index (κ3) is 2.84. The van der Waals surface area contributed by atoms with Crippen molar-refractivity contribution in [1.82, 2.24) is 4.98 Å². The van der Waals surface area contributed by atoms with Gasteiger partial charge >= 0.3 is 0 Å². The van der Waals surface area contributed by atoms with Gasteiger partial charge in [0.25, 0.3) is 0 Å². The van der Waals surface area contributed by atoms with Gasteiger partial charge in [0.05, 0.1) is 11.6 Å². The average molecular weight is 284 g/mol. The first-order valence-corrected chi connectivity index (χ1v) is 6.70. The first-order chi connectivity index (χ1) is 10.1. The van der Waals surface area contributed by atoms with Crippen molar-refractivity contribution in [2.75, 3.05) is 5.32 Å². The number of pyridine rings is 1. The highest BCUT2D eigenvalue weighted by molar-refractivity contribution is 5.82. The molecular formula is C17H14F2N2. The SMILES string of the molecule is CC(Nc1ccc2ncccc2c1)c1ccc(F)cc1F. The van der Waals surface area contributed by atoms with Crippen LogP contribution in [0.15, 0.2) is 54.7 Å². The van der Waals surface area contributed by atoms with Gasteiger partial charge in [-0.25, -0.2) is 8.78 Å². The molecule has 1 heterocycles. The standard InChI is InChI=1S/C17H14F2N2/c1-11(15-6-4-13(18)10-16(15)19)21-14-5-7-17-12(9-14)3-2-8-20-17/h2-11,21H,1H3. The molecule has 0 saturated carbocycles. The Morgan fingerprint density at radius 1 is 1.05 bits per heavy atom. The molecule has 0 fully saturated rings. The van der Waals surface area contributed by atoms with Crippen LogP contribution in [0.3, 0.4) is 0 Å². The third-order valence-electron chi connectivity index (χ3n) is 3.42. The van der Waals surface area contributed by atoms with E-state index in [0.29, 0.717) is 5.56 Å². The van der Waals surface area contributed by atoms with E-state index in [2.05, 4.69) is 10.3 Å². The summed E-state index contributed by atoms with van der Waals surface area (Å²) in [5.41, 5.74) is 2.21. The maximum absolute atomic E-state index is 13.8. The lowest BCUT2D eigenvalue weighted by molar-refractivity contribution is 0.566. The fraction of sp³-hybridized carbons (Fsp3) is 0.118. The number of nitrogens with zero attached hydrogens (tertiary/aromatic N) is 1. The number of halogens is 2. The van der Waals surface area contributed by atoms with Crippen molar-refractivity contribution in [2.24, 2.45) is 0 Å². The molecule has 2 aromatic carbocycles. The molecule has 21 heavy (non-hydrogen) atoms. The van der Waals surface area contributed by atoms with Crippen molar-refractivity contribution in [3.63, 3.8) is 0 Å². The molecule has 0 amide bonds. The van der Waals surface area contributed by atoms with Gasteiger partial charge in [-0.3, -0.25) is 4.98 Å². The molecule has 3 aromatic rings. The third-order valence-corrected chi connectivity index (χ3v) is 3.42. The van der Waals surface area contributed by atoms with Gasteiger partial charge in [-0.05, 0) is 37.3 Å². The van der Waals surface area contributed by atoms with E-state index in [0.717, 1.165) is 22.7 Å². The Balaban J connectivity index is 1.87. The molecule has 3 rings (SSSR count). The summed E-state index contributed by atoms with van der Waals surface area (Å²) in [7, 11) is 0. The average Bonchev–Trinajstić information content (AvgIpc) is 2.47. The lowest BCUT2D eigenvalue weighted by Crippen LogP contribution is -2.08. The first kappa shape index (κ1) is 13.5. The number of benzene rings is 2. The van der Waals surface area contributed by atoms with E-state index < -0.39 is 11.6 Å². The Bertz CT molecular complexity index is 787. The summed E-state index contributed by atoms with van der Waals surface area (Å²) in [6.45, 7) is 1.84. The highest BCUT2D eigenvalue weighted by atomic mass is 19.1. The first-order valence-electron chi connectivity index (χ1n) is 6.70. The van der Waals surface area contributed by atoms with Crippen LogP contribution in [0.1, 0.15) is 18.5 Å². The topological polar surface area (TPSA) is 24.9 Å². The highest BCUT2D eigenvalue weighted by Crippen LogP contribution is 2.24.